The number of rotatable bonds is 14. The lowest BCUT2D eigenvalue weighted by Crippen LogP contribution is -2.24. The number of nitrogens with zero attached hydrogens (tertiary/aromatic N) is 4. The molecule has 4 nitrogen and oxygen atoms in total. The minimum Gasteiger partial charge on any atom is -0.328 e. The normalized spacial score (nSPS) is 12.1. The fourth-order valence-corrected chi connectivity index (χ4v) is 9.42. The van der Waals surface area contributed by atoms with Crippen molar-refractivity contribution < 1.29 is 0 Å². The van der Waals surface area contributed by atoms with Crippen molar-refractivity contribution in [2.75, 3.05) is 16.5 Å². The van der Waals surface area contributed by atoms with E-state index in [0.29, 0.717) is 0 Å². The van der Waals surface area contributed by atoms with Crippen molar-refractivity contribution in [3.05, 3.63) is 278 Å². The summed E-state index contributed by atoms with van der Waals surface area (Å²) in [7, 11) is 0. The smallest absolute Gasteiger partial charge is 0.0989 e. The number of pyridine rings is 2. The molecule has 0 atom stereocenters. The summed E-state index contributed by atoms with van der Waals surface area (Å²) in [5.74, 6) is 0. The third-order valence-electron chi connectivity index (χ3n) is 13.2. The van der Waals surface area contributed by atoms with Crippen LogP contribution in [-0.2, 0) is 25.7 Å². The van der Waals surface area contributed by atoms with Crippen molar-refractivity contribution in [3.8, 4) is 67.0 Å². The third-order valence-corrected chi connectivity index (χ3v) is 13.2. The Morgan fingerprint density at radius 2 is 0.754 bits per heavy atom. The third kappa shape index (κ3) is 10.1. The van der Waals surface area contributed by atoms with Gasteiger partial charge in [0.1, 0.15) is 0 Å². The quantitative estimate of drug-likeness (QED) is 0.109. The maximum absolute atomic E-state index is 5.07. The molecule has 4 heteroatoms. The summed E-state index contributed by atoms with van der Waals surface area (Å²) in [6.45, 7) is 0.799. The lowest BCUT2D eigenvalue weighted by Gasteiger charge is -2.21. The van der Waals surface area contributed by atoms with Crippen LogP contribution in [-0.4, -0.2) is 16.6 Å². The Balaban J connectivity index is 0.835. The fraction of sp³-hybridized carbons (Fsp3) is 0.0769. The van der Waals surface area contributed by atoms with Gasteiger partial charge in [-0.1, -0.05) is 188 Å². The molecule has 0 fully saturated rings. The Labute approximate surface area is 406 Å². The highest BCUT2D eigenvalue weighted by Crippen LogP contribution is 2.35. The highest BCUT2D eigenvalue weighted by atomic mass is 15.3. The summed E-state index contributed by atoms with van der Waals surface area (Å²) in [4.78, 5) is 14.5. The summed E-state index contributed by atoms with van der Waals surface area (Å²) in [6.07, 6.45) is 12.1. The molecule has 0 saturated carbocycles. The van der Waals surface area contributed by atoms with E-state index in [2.05, 4.69) is 247 Å². The average Bonchev–Trinajstić information content (AvgIpc) is 3.94. The van der Waals surface area contributed by atoms with Crippen molar-refractivity contribution in [1.29, 1.82) is 0 Å². The highest BCUT2D eigenvalue weighted by Gasteiger charge is 2.16. The first-order chi connectivity index (χ1) is 34.1. The van der Waals surface area contributed by atoms with Crippen LogP contribution in [0.3, 0.4) is 0 Å². The van der Waals surface area contributed by atoms with Crippen molar-refractivity contribution >= 4 is 11.4 Å². The number of benzene rings is 8. The van der Waals surface area contributed by atoms with E-state index in [0.717, 1.165) is 60.4 Å². The van der Waals surface area contributed by atoms with E-state index < -0.39 is 0 Å². The van der Waals surface area contributed by atoms with Crippen LogP contribution in [0.25, 0.3) is 67.0 Å². The van der Waals surface area contributed by atoms with Crippen molar-refractivity contribution in [1.82, 2.24) is 9.97 Å². The van der Waals surface area contributed by atoms with Crippen molar-refractivity contribution in [3.63, 3.8) is 0 Å². The largest absolute Gasteiger partial charge is 0.328 e. The molecule has 1 aliphatic rings. The molecule has 0 unspecified atom stereocenters. The van der Waals surface area contributed by atoms with Gasteiger partial charge in [-0.05, 0) is 129 Å². The van der Waals surface area contributed by atoms with Gasteiger partial charge in [-0.3, -0.25) is 9.97 Å². The fourth-order valence-electron chi connectivity index (χ4n) is 9.42. The Morgan fingerprint density at radius 3 is 1.39 bits per heavy atom. The first-order valence-corrected chi connectivity index (χ1v) is 24.0. The van der Waals surface area contributed by atoms with Crippen LogP contribution >= 0.6 is 0 Å². The molecular weight excluding hydrogens is 837 g/mol. The molecule has 0 amide bonds. The lowest BCUT2D eigenvalue weighted by atomic mass is 9.90. The van der Waals surface area contributed by atoms with Crippen LogP contribution in [0.4, 0.5) is 11.4 Å². The summed E-state index contributed by atoms with van der Waals surface area (Å²) in [5, 5.41) is 0. The monoisotopic (exact) mass is 888 g/mol. The molecule has 332 valence electrons. The molecule has 69 heavy (non-hydrogen) atoms. The SMILES string of the molecule is C1=CN(c2ccc(CCc3cc(CCc4ccc(-c5ccccc5)nc4)cc(-c4ccccc4-c4ccc(-c5cccc(-c6ccc(-c7ccccc7)cc6)c5)nc4)c3)cc2)CN1c1ccccc1. The molecule has 0 saturated heterocycles. The van der Waals surface area contributed by atoms with Crippen LogP contribution in [0, 0.1) is 0 Å². The van der Waals surface area contributed by atoms with E-state index in [9.17, 15) is 0 Å². The van der Waals surface area contributed by atoms with Gasteiger partial charge in [-0.2, -0.15) is 0 Å². The van der Waals surface area contributed by atoms with E-state index in [4.69, 9.17) is 9.97 Å². The predicted molar refractivity (Wildman–Crippen MR) is 288 cm³/mol. The van der Waals surface area contributed by atoms with Crippen molar-refractivity contribution in [2.45, 2.75) is 25.7 Å². The van der Waals surface area contributed by atoms with Gasteiger partial charge >= 0.3 is 0 Å². The van der Waals surface area contributed by atoms with Crippen molar-refractivity contribution in [2.24, 2.45) is 0 Å². The summed E-state index contributed by atoms with van der Waals surface area (Å²) >= 11 is 0. The highest BCUT2D eigenvalue weighted by molar-refractivity contribution is 5.84. The maximum atomic E-state index is 5.07. The van der Waals surface area contributed by atoms with Gasteiger partial charge in [-0.15, -0.1) is 0 Å². The Morgan fingerprint density at radius 1 is 0.290 bits per heavy atom. The summed E-state index contributed by atoms with van der Waals surface area (Å²) in [6, 6.07) is 82.8. The molecule has 0 bridgehead atoms. The van der Waals surface area contributed by atoms with Crippen LogP contribution < -0.4 is 9.80 Å². The number of hydrogen-bond donors (Lipinski definition) is 0. The number of aryl methyl sites for hydroxylation is 4. The van der Waals surface area contributed by atoms with Gasteiger partial charge in [0.2, 0.25) is 0 Å². The van der Waals surface area contributed by atoms with Crippen LogP contribution in [0.2, 0.25) is 0 Å². The minimum atomic E-state index is 0.799. The number of para-hydroxylation sites is 1. The predicted octanol–water partition coefficient (Wildman–Crippen LogP) is 15.8. The van der Waals surface area contributed by atoms with Gasteiger partial charge in [0.25, 0.3) is 0 Å². The number of hydrogen-bond acceptors (Lipinski definition) is 4. The zero-order valence-electron chi connectivity index (χ0n) is 38.6. The molecule has 0 N–H and O–H groups in total. The van der Waals surface area contributed by atoms with E-state index >= 15 is 0 Å². The molecule has 8 aromatic carbocycles. The van der Waals surface area contributed by atoms with Gasteiger partial charge in [0, 0.05) is 52.9 Å². The second-order valence-electron chi connectivity index (χ2n) is 17.8. The van der Waals surface area contributed by atoms with Crippen LogP contribution in [0.15, 0.2) is 255 Å². The van der Waals surface area contributed by atoms with Gasteiger partial charge in [0.15, 0.2) is 0 Å². The van der Waals surface area contributed by atoms with E-state index in [1.165, 1.54) is 72.6 Å². The van der Waals surface area contributed by atoms with Gasteiger partial charge < -0.3 is 9.80 Å². The molecule has 3 heterocycles. The molecule has 0 aliphatic carbocycles. The molecule has 0 radical (unpaired) electrons. The Hall–Kier alpha value is -8.60. The first kappa shape index (κ1) is 43.0. The standard InChI is InChI=1S/C65H52N4/c1-4-13-52(14-5-1)53-30-32-54(33-31-53)56-17-12-18-57(44-56)65-38-34-58(46-67-65)62-21-10-11-22-63(62)59-42-50(41-51(43-59)26-24-49-29-37-64(66-45-49)55-15-6-2-7-16-55)25-23-48-27-35-61(36-28-48)69-40-39-68(47-69)60-19-8-3-9-20-60/h1-22,27-46H,23-26,47H2. The molecule has 1 aliphatic heterocycles. The summed E-state index contributed by atoms with van der Waals surface area (Å²) in [5.41, 5.74) is 21.3. The van der Waals surface area contributed by atoms with E-state index in [1.807, 2.05) is 18.5 Å². The zero-order valence-corrected chi connectivity index (χ0v) is 38.6. The van der Waals surface area contributed by atoms with Gasteiger partial charge in [0.05, 0.1) is 18.1 Å². The maximum Gasteiger partial charge on any atom is 0.0989 e. The molecule has 11 rings (SSSR count). The molecule has 10 aromatic rings. The average molecular weight is 889 g/mol. The zero-order chi connectivity index (χ0) is 46.2. The molecule has 0 spiro atoms. The van der Waals surface area contributed by atoms with E-state index in [1.54, 1.807) is 0 Å². The number of anilines is 2. The Bertz CT molecular complexity index is 3310. The van der Waals surface area contributed by atoms with Crippen LogP contribution in [0.1, 0.15) is 22.3 Å². The minimum absolute atomic E-state index is 0.799. The van der Waals surface area contributed by atoms with Gasteiger partial charge in [-0.25, -0.2) is 0 Å². The molecule has 2 aromatic heterocycles. The second-order valence-corrected chi connectivity index (χ2v) is 17.8. The topological polar surface area (TPSA) is 32.3 Å². The van der Waals surface area contributed by atoms with E-state index in [-0.39, 0.29) is 0 Å². The molecular formula is C65H52N4. The summed E-state index contributed by atoms with van der Waals surface area (Å²) < 4.78 is 0. The lowest BCUT2D eigenvalue weighted by molar-refractivity contribution is 0.926. The van der Waals surface area contributed by atoms with Crippen LogP contribution in [0.5, 0.6) is 0 Å². The number of aromatic nitrogens is 2. The first-order valence-electron chi connectivity index (χ1n) is 24.0. The Kier molecular flexibility index (Phi) is 12.5. The second kappa shape index (κ2) is 20.1.